The molecule has 2 N–H and O–H groups in total. The minimum Gasteiger partial charge on any atom is -0.393 e. The minimum absolute atomic E-state index is 0.0795. The molecule has 0 saturated heterocycles. The Balaban J connectivity index is 2.06. The first-order valence-electron chi connectivity index (χ1n) is 6.01. The molecule has 2 atom stereocenters. The Labute approximate surface area is 126 Å². The topological polar surface area (TPSA) is 66.4 Å². The molecule has 0 spiro atoms. The van der Waals surface area contributed by atoms with Crippen LogP contribution in [0.5, 0.6) is 0 Å². The summed E-state index contributed by atoms with van der Waals surface area (Å²) in [5, 5.41) is 9.61. The third-order valence-corrected chi connectivity index (χ3v) is 5.66. The van der Waals surface area contributed by atoms with Crippen molar-refractivity contribution in [2.45, 2.75) is 30.3 Å². The first-order valence-corrected chi connectivity index (χ1v) is 8.66. The highest BCUT2D eigenvalue weighted by Crippen LogP contribution is 2.27. The molecule has 19 heavy (non-hydrogen) atoms. The molecule has 1 aliphatic carbocycles. The number of rotatable bonds is 4. The summed E-state index contributed by atoms with van der Waals surface area (Å²) >= 11 is 9.18. The quantitative estimate of drug-likeness (QED) is 0.858. The number of halogens is 2. The van der Waals surface area contributed by atoms with Crippen LogP contribution in [0.2, 0.25) is 5.02 Å². The van der Waals surface area contributed by atoms with Crippen molar-refractivity contribution in [3.8, 4) is 0 Å². The SMILES string of the molecule is O=S(=O)(NCC1CCC(O)C1)c1ccc(Br)cc1Cl. The van der Waals surface area contributed by atoms with Gasteiger partial charge in [-0.25, -0.2) is 13.1 Å². The van der Waals surface area contributed by atoms with Crippen LogP contribution in [0.4, 0.5) is 0 Å². The van der Waals surface area contributed by atoms with Gasteiger partial charge < -0.3 is 5.11 Å². The first kappa shape index (κ1) is 15.3. The average Bonchev–Trinajstić information content (AvgIpc) is 2.72. The van der Waals surface area contributed by atoms with Crippen LogP contribution < -0.4 is 4.72 Å². The molecule has 4 nitrogen and oxygen atoms in total. The van der Waals surface area contributed by atoms with E-state index in [2.05, 4.69) is 20.7 Å². The van der Waals surface area contributed by atoms with Crippen molar-refractivity contribution in [1.82, 2.24) is 4.72 Å². The van der Waals surface area contributed by atoms with Gasteiger partial charge >= 0.3 is 0 Å². The lowest BCUT2D eigenvalue weighted by molar-refractivity contribution is 0.178. The highest BCUT2D eigenvalue weighted by molar-refractivity contribution is 9.10. The van der Waals surface area contributed by atoms with Crippen LogP contribution in [0.1, 0.15) is 19.3 Å². The lowest BCUT2D eigenvalue weighted by Crippen LogP contribution is -2.29. The number of sulfonamides is 1. The minimum atomic E-state index is -3.60. The third kappa shape index (κ3) is 3.92. The van der Waals surface area contributed by atoms with Gasteiger partial charge in [-0.05, 0) is 43.4 Å². The number of aliphatic hydroxyl groups excluding tert-OH is 1. The van der Waals surface area contributed by atoms with E-state index in [1.807, 2.05) is 0 Å². The van der Waals surface area contributed by atoms with E-state index in [9.17, 15) is 13.5 Å². The van der Waals surface area contributed by atoms with Crippen LogP contribution in [-0.2, 0) is 10.0 Å². The standard InChI is InChI=1S/C12H15BrClNO3S/c13-9-2-4-12(11(14)6-9)19(17,18)15-7-8-1-3-10(16)5-8/h2,4,6,8,10,15-16H,1,3,5,7H2. The van der Waals surface area contributed by atoms with Crippen LogP contribution in [0, 0.1) is 5.92 Å². The fourth-order valence-corrected chi connectivity index (χ4v) is 4.38. The van der Waals surface area contributed by atoms with Crippen LogP contribution in [0.15, 0.2) is 27.6 Å². The Morgan fingerprint density at radius 2 is 2.16 bits per heavy atom. The lowest BCUT2D eigenvalue weighted by Gasteiger charge is -2.12. The summed E-state index contributed by atoms with van der Waals surface area (Å²) in [5.41, 5.74) is 0. The highest BCUT2D eigenvalue weighted by Gasteiger charge is 2.25. The van der Waals surface area contributed by atoms with E-state index in [0.29, 0.717) is 13.0 Å². The molecule has 1 saturated carbocycles. The lowest BCUT2D eigenvalue weighted by atomic mass is 10.1. The molecule has 1 aromatic rings. The van der Waals surface area contributed by atoms with Crippen LogP contribution >= 0.6 is 27.5 Å². The van der Waals surface area contributed by atoms with Gasteiger partial charge in [0.2, 0.25) is 10.0 Å². The van der Waals surface area contributed by atoms with Gasteiger partial charge in [-0.2, -0.15) is 0 Å². The van der Waals surface area contributed by atoms with Gasteiger partial charge in [0, 0.05) is 11.0 Å². The third-order valence-electron chi connectivity index (χ3n) is 3.26. The average molecular weight is 369 g/mol. The van der Waals surface area contributed by atoms with E-state index < -0.39 is 10.0 Å². The molecular weight excluding hydrogens is 354 g/mol. The van der Waals surface area contributed by atoms with Crippen LogP contribution in [0.3, 0.4) is 0 Å². The zero-order valence-corrected chi connectivity index (χ0v) is 13.3. The molecular formula is C12H15BrClNO3S. The molecule has 0 radical (unpaired) electrons. The maximum atomic E-state index is 12.1. The maximum absolute atomic E-state index is 12.1. The summed E-state index contributed by atoms with van der Waals surface area (Å²) in [5.74, 6) is 0.194. The summed E-state index contributed by atoms with van der Waals surface area (Å²) in [6.45, 7) is 0.339. The number of hydrogen-bond acceptors (Lipinski definition) is 3. The summed E-state index contributed by atoms with van der Waals surface area (Å²) in [7, 11) is -3.60. The fourth-order valence-electron chi connectivity index (χ4n) is 2.23. The van der Waals surface area contributed by atoms with Crippen molar-refractivity contribution in [2.24, 2.45) is 5.92 Å². The van der Waals surface area contributed by atoms with E-state index in [0.717, 1.165) is 17.3 Å². The van der Waals surface area contributed by atoms with Crippen molar-refractivity contribution in [3.05, 3.63) is 27.7 Å². The number of aliphatic hydroxyl groups is 1. The molecule has 0 amide bonds. The van der Waals surface area contributed by atoms with E-state index >= 15 is 0 Å². The Kier molecular flexibility index (Phi) is 4.89. The van der Waals surface area contributed by atoms with Gasteiger partial charge in [-0.1, -0.05) is 27.5 Å². The van der Waals surface area contributed by atoms with Gasteiger partial charge in [-0.15, -0.1) is 0 Å². The van der Waals surface area contributed by atoms with Crippen molar-refractivity contribution in [2.75, 3.05) is 6.54 Å². The molecule has 1 aromatic carbocycles. The zero-order chi connectivity index (χ0) is 14.0. The Morgan fingerprint density at radius 1 is 1.42 bits per heavy atom. The molecule has 0 heterocycles. The molecule has 1 fully saturated rings. The second kappa shape index (κ2) is 6.10. The smallest absolute Gasteiger partial charge is 0.242 e. The number of nitrogens with one attached hydrogen (secondary N) is 1. The van der Waals surface area contributed by atoms with Crippen molar-refractivity contribution < 1.29 is 13.5 Å². The van der Waals surface area contributed by atoms with Crippen molar-refractivity contribution in [1.29, 1.82) is 0 Å². The fraction of sp³-hybridized carbons (Fsp3) is 0.500. The highest BCUT2D eigenvalue weighted by atomic mass is 79.9. The van der Waals surface area contributed by atoms with Gasteiger partial charge in [0.05, 0.1) is 11.1 Å². The molecule has 1 aliphatic rings. The monoisotopic (exact) mass is 367 g/mol. The number of benzene rings is 1. The Morgan fingerprint density at radius 3 is 2.74 bits per heavy atom. The zero-order valence-electron chi connectivity index (χ0n) is 10.1. The number of hydrogen-bond donors (Lipinski definition) is 2. The molecule has 106 valence electrons. The van der Waals surface area contributed by atoms with Crippen LogP contribution in [0.25, 0.3) is 0 Å². The summed E-state index contributed by atoms with van der Waals surface area (Å²) in [4.78, 5) is 0.0795. The largest absolute Gasteiger partial charge is 0.393 e. The normalized spacial score (nSPS) is 23.7. The van der Waals surface area contributed by atoms with E-state index in [1.165, 1.54) is 6.07 Å². The Bertz CT molecular complexity index is 564. The maximum Gasteiger partial charge on any atom is 0.242 e. The molecule has 7 heteroatoms. The predicted molar refractivity (Wildman–Crippen MR) is 77.7 cm³/mol. The first-order chi connectivity index (χ1) is 8.88. The summed E-state index contributed by atoms with van der Waals surface area (Å²) in [6, 6.07) is 4.66. The van der Waals surface area contributed by atoms with Gasteiger partial charge in [0.1, 0.15) is 4.90 Å². The second-order valence-corrected chi connectivity index (χ2v) is 7.82. The Hall–Kier alpha value is -0.140. The molecule has 2 unspecified atom stereocenters. The van der Waals surface area contributed by atoms with E-state index in [1.54, 1.807) is 12.1 Å². The van der Waals surface area contributed by atoms with Gasteiger partial charge in [0.25, 0.3) is 0 Å². The molecule has 2 rings (SSSR count). The van der Waals surface area contributed by atoms with Gasteiger partial charge in [-0.3, -0.25) is 0 Å². The molecule has 0 aromatic heterocycles. The molecule has 0 bridgehead atoms. The van der Waals surface area contributed by atoms with Gasteiger partial charge in [0.15, 0.2) is 0 Å². The van der Waals surface area contributed by atoms with Crippen molar-refractivity contribution in [3.63, 3.8) is 0 Å². The van der Waals surface area contributed by atoms with Crippen molar-refractivity contribution >= 4 is 37.6 Å². The predicted octanol–water partition coefficient (Wildman–Crippen LogP) is 2.54. The van der Waals surface area contributed by atoms with E-state index in [-0.39, 0.29) is 21.9 Å². The second-order valence-electron chi connectivity index (χ2n) is 4.76. The van der Waals surface area contributed by atoms with E-state index in [4.69, 9.17) is 11.6 Å². The summed E-state index contributed by atoms with van der Waals surface area (Å²) < 4.78 is 27.5. The summed E-state index contributed by atoms with van der Waals surface area (Å²) in [6.07, 6.45) is 1.94. The van der Waals surface area contributed by atoms with Crippen LogP contribution in [-0.4, -0.2) is 26.2 Å². The molecule has 0 aliphatic heterocycles.